The Balaban J connectivity index is 1.81. The zero-order chi connectivity index (χ0) is 20.8. The molecule has 1 aliphatic rings. The molecule has 1 N–H and O–H groups in total. The number of benzene rings is 3. The van der Waals surface area contributed by atoms with Crippen LogP contribution in [0.25, 0.3) is 0 Å². The highest BCUT2D eigenvalue weighted by molar-refractivity contribution is 5.91. The quantitative estimate of drug-likeness (QED) is 0.583. The van der Waals surface area contributed by atoms with E-state index >= 15 is 0 Å². The van der Waals surface area contributed by atoms with Crippen LogP contribution in [0.2, 0.25) is 0 Å². The molecule has 1 heterocycles. The molecule has 0 aromatic heterocycles. The summed E-state index contributed by atoms with van der Waals surface area (Å²) in [5.74, 6) is 0.0993. The topological polar surface area (TPSA) is 32.3 Å². The number of carbonyl (C=O) groups is 1. The number of hydrogen-bond acceptors (Lipinski definition) is 3. The highest BCUT2D eigenvalue weighted by atomic mass is 16.1. The van der Waals surface area contributed by atoms with Crippen molar-refractivity contribution in [1.82, 2.24) is 10.2 Å². The lowest BCUT2D eigenvalue weighted by atomic mass is 9.78. The van der Waals surface area contributed by atoms with Crippen molar-refractivity contribution in [3.8, 4) is 0 Å². The fraction of sp³-hybridized carbons (Fsp3) is 0.296. The van der Waals surface area contributed by atoms with E-state index in [0.29, 0.717) is 0 Å². The van der Waals surface area contributed by atoms with E-state index in [1.54, 1.807) is 6.92 Å². The van der Waals surface area contributed by atoms with E-state index in [1.165, 1.54) is 18.4 Å². The first kappa shape index (κ1) is 20.5. The SMILES string of the molecule is CC(=O)C(NC(CN1CCCC1)c1ccccc1)(c1ccccc1)c1ccccc1. The van der Waals surface area contributed by atoms with Crippen LogP contribution in [0, 0.1) is 0 Å². The molecule has 4 rings (SSSR count). The van der Waals surface area contributed by atoms with Gasteiger partial charge in [-0.15, -0.1) is 0 Å². The monoisotopic (exact) mass is 398 g/mol. The molecule has 0 spiro atoms. The fourth-order valence-electron chi connectivity index (χ4n) is 4.62. The standard InChI is InChI=1S/C27H30N2O/c1-22(30)27(24-15-7-3-8-16-24,25-17-9-4-10-18-25)28-26(21-29-19-11-12-20-29)23-13-5-2-6-14-23/h2-10,13-18,26,28H,11-12,19-21H2,1H3. The van der Waals surface area contributed by atoms with Crippen molar-refractivity contribution in [2.24, 2.45) is 0 Å². The van der Waals surface area contributed by atoms with Gasteiger partial charge in [0.2, 0.25) is 0 Å². The number of Topliss-reactive ketones (excluding diaryl/α,β-unsaturated/α-hetero) is 1. The van der Waals surface area contributed by atoms with Crippen molar-refractivity contribution < 1.29 is 4.79 Å². The van der Waals surface area contributed by atoms with Crippen LogP contribution in [0.5, 0.6) is 0 Å². The first-order valence-corrected chi connectivity index (χ1v) is 10.9. The van der Waals surface area contributed by atoms with Gasteiger partial charge in [-0.05, 0) is 49.5 Å². The zero-order valence-electron chi connectivity index (χ0n) is 17.6. The normalized spacial score (nSPS) is 15.8. The summed E-state index contributed by atoms with van der Waals surface area (Å²) in [6.45, 7) is 4.83. The van der Waals surface area contributed by atoms with Crippen molar-refractivity contribution in [1.29, 1.82) is 0 Å². The third-order valence-corrected chi connectivity index (χ3v) is 6.17. The zero-order valence-corrected chi connectivity index (χ0v) is 17.6. The molecule has 0 aliphatic carbocycles. The summed E-state index contributed by atoms with van der Waals surface area (Å²) in [6, 6.07) is 30.8. The summed E-state index contributed by atoms with van der Waals surface area (Å²) in [7, 11) is 0. The van der Waals surface area contributed by atoms with Crippen LogP contribution in [0.4, 0.5) is 0 Å². The predicted molar refractivity (Wildman–Crippen MR) is 122 cm³/mol. The molecule has 3 aromatic carbocycles. The molecule has 1 saturated heterocycles. The van der Waals surface area contributed by atoms with Crippen molar-refractivity contribution >= 4 is 5.78 Å². The van der Waals surface area contributed by atoms with E-state index in [9.17, 15) is 4.79 Å². The summed E-state index contributed by atoms with van der Waals surface area (Å²) in [5, 5.41) is 3.85. The van der Waals surface area contributed by atoms with Crippen LogP contribution in [-0.2, 0) is 10.3 Å². The fourth-order valence-corrected chi connectivity index (χ4v) is 4.62. The van der Waals surface area contributed by atoms with Crippen LogP contribution < -0.4 is 5.32 Å². The maximum absolute atomic E-state index is 13.4. The molecule has 1 aliphatic heterocycles. The average Bonchev–Trinajstić information content (AvgIpc) is 3.31. The van der Waals surface area contributed by atoms with Gasteiger partial charge in [-0.2, -0.15) is 0 Å². The number of hydrogen-bond donors (Lipinski definition) is 1. The van der Waals surface area contributed by atoms with Crippen LogP contribution >= 0.6 is 0 Å². The Morgan fingerprint density at radius 3 is 1.77 bits per heavy atom. The van der Waals surface area contributed by atoms with Gasteiger partial charge >= 0.3 is 0 Å². The Morgan fingerprint density at radius 1 is 0.833 bits per heavy atom. The molecule has 3 aromatic rings. The molecule has 0 radical (unpaired) electrons. The molecule has 154 valence electrons. The minimum Gasteiger partial charge on any atom is -0.301 e. The van der Waals surface area contributed by atoms with Crippen LogP contribution in [0.3, 0.4) is 0 Å². The van der Waals surface area contributed by atoms with Gasteiger partial charge in [0.25, 0.3) is 0 Å². The van der Waals surface area contributed by atoms with Gasteiger partial charge < -0.3 is 4.90 Å². The van der Waals surface area contributed by atoms with Gasteiger partial charge in [0.15, 0.2) is 5.78 Å². The number of ketones is 1. The second kappa shape index (κ2) is 9.38. The summed E-state index contributed by atoms with van der Waals surface area (Å²) < 4.78 is 0. The van der Waals surface area contributed by atoms with E-state index in [-0.39, 0.29) is 11.8 Å². The maximum atomic E-state index is 13.4. The van der Waals surface area contributed by atoms with E-state index in [0.717, 1.165) is 30.8 Å². The first-order valence-electron chi connectivity index (χ1n) is 10.9. The molecule has 0 amide bonds. The predicted octanol–water partition coefficient (Wildman–Crippen LogP) is 4.95. The summed E-state index contributed by atoms with van der Waals surface area (Å²) in [5.41, 5.74) is 2.27. The van der Waals surface area contributed by atoms with Crippen LogP contribution in [0.1, 0.15) is 42.5 Å². The summed E-state index contributed by atoms with van der Waals surface area (Å²) >= 11 is 0. The third kappa shape index (κ3) is 4.23. The van der Waals surface area contributed by atoms with Gasteiger partial charge in [-0.1, -0.05) is 91.0 Å². The van der Waals surface area contributed by atoms with E-state index in [1.807, 2.05) is 42.5 Å². The van der Waals surface area contributed by atoms with Crippen LogP contribution in [0.15, 0.2) is 91.0 Å². The molecule has 3 nitrogen and oxygen atoms in total. The summed E-state index contributed by atoms with van der Waals surface area (Å²) in [6.07, 6.45) is 2.49. The van der Waals surface area contributed by atoms with Gasteiger partial charge in [0.05, 0.1) is 0 Å². The molecule has 0 bridgehead atoms. The summed E-state index contributed by atoms with van der Waals surface area (Å²) in [4.78, 5) is 15.9. The molecule has 1 unspecified atom stereocenters. The smallest absolute Gasteiger partial charge is 0.158 e. The van der Waals surface area contributed by atoms with Crippen molar-refractivity contribution in [3.05, 3.63) is 108 Å². The van der Waals surface area contributed by atoms with E-state index < -0.39 is 5.54 Å². The highest BCUT2D eigenvalue weighted by Gasteiger charge is 2.41. The molecular formula is C27H30N2O. The second-order valence-electron chi connectivity index (χ2n) is 8.15. The van der Waals surface area contributed by atoms with E-state index in [2.05, 4.69) is 58.7 Å². The number of nitrogens with one attached hydrogen (secondary N) is 1. The van der Waals surface area contributed by atoms with Crippen molar-refractivity contribution in [2.45, 2.75) is 31.3 Å². The Hall–Kier alpha value is -2.75. The lowest BCUT2D eigenvalue weighted by molar-refractivity contribution is -0.122. The number of nitrogens with zero attached hydrogens (tertiary/aromatic N) is 1. The Bertz CT molecular complexity index is 895. The second-order valence-corrected chi connectivity index (χ2v) is 8.15. The number of likely N-dealkylation sites (tertiary alicyclic amines) is 1. The number of carbonyl (C=O) groups excluding carboxylic acids is 1. The number of rotatable bonds is 8. The van der Waals surface area contributed by atoms with Gasteiger partial charge in [-0.25, -0.2) is 0 Å². The lowest BCUT2D eigenvalue weighted by Crippen LogP contribution is -2.52. The molecule has 3 heteroatoms. The van der Waals surface area contributed by atoms with E-state index in [4.69, 9.17) is 0 Å². The molecular weight excluding hydrogens is 368 g/mol. The first-order chi connectivity index (χ1) is 14.7. The van der Waals surface area contributed by atoms with Gasteiger partial charge in [0, 0.05) is 12.6 Å². The highest BCUT2D eigenvalue weighted by Crippen LogP contribution is 2.34. The molecule has 1 fully saturated rings. The maximum Gasteiger partial charge on any atom is 0.158 e. The Kier molecular flexibility index (Phi) is 6.41. The molecule has 30 heavy (non-hydrogen) atoms. The van der Waals surface area contributed by atoms with Gasteiger partial charge in [-0.3, -0.25) is 10.1 Å². The van der Waals surface area contributed by atoms with Crippen LogP contribution in [-0.4, -0.2) is 30.3 Å². The third-order valence-electron chi connectivity index (χ3n) is 6.17. The molecule has 1 atom stereocenters. The lowest BCUT2D eigenvalue weighted by Gasteiger charge is -2.39. The Labute approximate surface area is 179 Å². The minimum atomic E-state index is -0.900. The largest absolute Gasteiger partial charge is 0.301 e. The minimum absolute atomic E-state index is 0.0358. The van der Waals surface area contributed by atoms with Crippen molar-refractivity contribution in [2.75, 3.05) is 19.6 Å². The van der Waals surface area contributed by atoms with Gasteiger partial charge in [0.1, 0.15) is 5.54 Å². The van der Waals surface area contributed by atoms with Crippen molar-refractivity contribution in [3.63, 3.8) is 0 Å². The Morgan fingerprint density at radius 2 is 1.30 bits per heavy atom. The average molecular weight is 399 g/mol. The molecule has 0 saturated carbocycles.